The number of carbonyl (C=O) groups excluding carboxylic acids is 1. The molecule has 0 unspecified atom stereocenters. The van der Waals surface area contributed by atoms with Gasteiger partial charge in [-0.15, -0.1) is 10.2 Å². The summed E-state index contributed by atoms with van der Waals surface area (Å²) in [5.74, 6) is 1.22. The Morgan fingerprint density at radius 2 is 1.97 bits per heavy atom. The molecule has 1 amide bonds. The summed E-state index contributed by atoms with van der Waals surface area (Å²) in [6, 6.07) is 4.21. The number of ether oxygens (including phenoxy) is 1. The van der Waals surface area contributed by atoms with Crippen LogP contribution in [-0.4, -0.2) is 69.9 Å². The maximum Gasteiger partial charge on any atom is 0.298 e. The highest BCUT2D eigenvalue weighted by atomic mass is 32.1. The van der Waals surface area contributed by atoms with E-state index in [1.165, 1.54) is 5.56 Å². The zero-order chi connectivity index (χ0) is 20.7. The van der Waals surface area contributed by atoms with Crippen LogP contribution in [0.3, 0.4) is 0 Å². The Labute approximate surface area is 179 Å². The zero-order valence-electron chi connectivity index (χ0n) is 17.4. The van der Waals surface area contributed by atoms with Crippen molar-refractivity contribution in [2.24, 2.45) is 0 Å². The largest absolute Gasteiger partial charge is 0.379 e. The van der Waals surface area contributed by atoms with Crippen molar-refractivity contribution in [2.75, 3.05) is 44.3 Å². The fraction of sp³-hybridized carbons (Fsp3) is 0.524. The molecule has 1 saturated heterocycles. The first-order chi connectivity index (χ1) is 14.6. The quantitative estimate of drug-likeness (QED) is 0.624. The monoisotopic (exact) mass is 426 g/mol. The summed E-state index contributed by atoms with van der Waals surface area (Å²) in [6.07, 6.45) is 1.89. The summed E-state index contributed by atoms with van der Waals surface area (Å²) < 4.78 is 8.57. The minimum absolute atomic E-state index is 0.113. The third kappa shape index (κ3) is 3.51. The number of morpholine rings is 1. The van der Waals surface area contributed by atoms with Crippen molar-refractivity contribution in [3.8, 4) is 0 Å². The highest BCUT2D eigenvalue weighted by Crippen LogP contribution is 2.33. The van der Waals surface area contributed by atoms with Gasteiger partial charge in [0.05, 0.1) is 23.4 Å². The second-order valence-electron chi connectivity index (χ2n) is 7.98. The molecule has 0 N–H and O–H groups in total. The zero-order valence-corrected chi connectivity index (χ0v) is 18.2. The number of fused-ring (bicyclic) bond motifs is 2. The van der Waals surface area contributed by atoms with Crippen LogP contribution < -0.4 is 4.90 Å². The third-order valence-electron chi connectivity index (χ3n) is 5.95. The maximum atomic E-state index is 13.6. The van der Waals surface area contributed by atoms with E-state index >= 15 is 0 Å². The van der Waals surface area contributed by atoms with Gasteiger partial charge in [0.1, 0.15) is 5.82 Å². The van der Waals surface area contributed by atoms with E-state index in [1.54, 1.807) is 16.2 Å². The number of carbonyl (C=O) groups is 1. The first-order valence-electron chi connectivity index (χ1n) is 10.5. The molecule has 8 nitrogen and oxygen atoms in total. The summed E-state index contributed by atoms with van der Waals surface area (Å²) >= 11 is 1.58. The van der Waals surface area contributed by atoms with Crippen molar-refractivity contribution in [1.82, 2.24) is 24.6 Å². The average Bonchev–Trinajstić information content (AvgIpc) is 3.47. The van der Waals surface area contributed by atoms with Crippen LogP contribution >= 0.6 is 11.3 Å². The summed E-state index contributed by atoms with van der Waals surface area (Å²) in [5, 5.41) is 9.20. The molecule has 1 aromatic carbocycles. The Hall–Kier alpha value is -2.36. The molecule has 2 aromatic heterocycles. The van der Waals surface area contributed by atoms with Gasteiger partial charge < -0.3 is 9.30 Å². The van der Waals surface area contributed by atoms with Gasteiger partial charge in [0, 0.05) is 39.1 Å². The molecular weight excluding hydrogens is 400 g/mol. The number of nitrogens with zero attached hydrogens (tertiary/aromatic N) is 6. The lowest BCUT2D eigenvalue weighted by Gasteiger charge is -2.29. The number of amides is 1. The normalized spacial score (nSPS) is 16.9. The minimum atomic E-state index is -0.113. The van der Waals surface area contributed by atoms with E-state index in [1.807, 2.05) is 4.57 Å². The van der Waals surface area contributed by atoms with E-state index in [2.05, 4.69) is 41.1 Å². The molecule has 0 saturated carbocycles. The van der Waals surface area contributed by atoms with Gasteiger partial charge in [-0.2, -0.15) is 0 Å². The number of hydrogen-bond donors (Lipinski definition) is 0. The van der Waals surface area contributed by atoms with Gasteiger partial charge in [0.25, 0.3) is 5.91 Å². The summed E-state index contributed by atoms with van der Waals surface area (Å²) in [6.45, 7) is 9.57. The number of benzene rings is 1. The van der Waals surface area contributed by atoms with Crippen LogP contribution in [0.15, 0.2) is 12.1 Å². The van der Waals surface area contributed by atoms with Gasteiger partial charge in [0.15, 0.2) is 5.13 Å². The van der Waals surface area contributed by atoms with Crippen molar-refractivity contribution in [1.29, 1.82) is 0 Å². The predicted molar refractivity (Wildman–Crippen MR) is 116 cm³/mol. The smallest absolute Gasteiger partial charge is 0.298 e. The van der Waals surface area contributed by atoms with Gasteiger partial charge in [-0.25, -0.2) is 4.98 Å². The molecule has 9 heteroatoms. The predicted octanol–water partition coefficient (Wildman–Crippen LogP) is 2.43. The molecule has 0 spiro atoms. The average molecular weight is 427 g/mol. The van der Waals surface area contributed by atoms with E-state index in [0.29, 0.717) is 12.4 Å². The summed E-state index contributed by atoms with van der Waals surface area (Å²) in [4.78, 5) is 22.6. The molecule has 1 fully saturated rings. The topological polar surface area (TPSA) is 76.4 Å². The second-order valence-corrected chi connectivity index (χ2v) is 8.96. The number of rotatable bonds is 5. The highest BCUT2D eigenvalue weighted by molar-refractivity contribution is 7.22. The van der Waals surface area contributed by atoms with Crippen LogP contribution in [0.25, 0.3) is 10.2 Å². The third-order valence-corrected chi connectivity index (χ3v) is 7.16. The fourth-order valence-corrected chi connectivity index (χ4v) is 5.28. The SMILES string of the molecule is Cc1ccc(C)c2sc(N(CCN3CCOCC3)C(=O)c3nnc4n3CCC4)nc12. The lowest BCUT2D eigenvalue weighted by atomic mass is 10.1. The second kappa shape index (κ2) is 8.05. The van der Waals surface area contributed by atoms with Crippen LogP contribution in [0.5, 0.6) is 0 Å². The van der Waals surface area contributed by atoms with Crippen LogP contribution in [0.2, 0.25) is 0 Å². The van der Waals surface area contributed by atoms with Crippen LogP contribution in [0, 0.1) is 13.8 Å². The molecule has 30 heavy (non-hydrogen) atoms. The molecule has 3 aromatic rings. The molecule has 4 heterocycles. The lowest BCUT2D eigenvalue weighted by molar-refractivity contribution is 0.0390. The van der Waals surface area contributed by atoms with E-state index in [9.17, 15) is 4.79 Å². The molecule has 0 atom stereocenters. The number of hydrogen-bond acceptors (Lipinski definition) is 7. The van der Waals surface area contributed by atoms with E-state index in [4.69, 9.17) is 9.72 Å². The highest BCUT2D eigenvalue weighted by Gasteiger charge is 2.29. The standard InChI is InChI=1S/C21H26N6O2S/c1-14-5-6-15(2)18-17(14)22-21(30-18)27(9-8-25-10-12-29-13-11-25)20(28)19-24-23-16-4-3-7-26(16)19/h5-6H,3-4,7-13H2,1-2H3. The van der Waals surface area contributed by atoms with Gasteiger partial charge in [-0.05, 0) is 31.4 Å². The Bertz CT molecular complexity index is 1050. The van der Waals surface area contributed by atoms with Crippen LogP contribution in [-0.2, 0) is 17.7 Å². The van der Waals surface area contributed by atoms with Crippen molar-refractivity contribution >= 4 is 32.6 Å². The van der Waals surface area contributed by atoms with Gasteiger partial charge in [0.2, 0.25) is 5.82 Å². The van der Waals surface area contributed by atoms with E-state index < -0.39 is 0 Å². The van der Waals surface area contributed by atoms with Crippen LogP contribution in [0.4, 0.5) is 5.13 Å². The van der Waals surface area contributed by atoms with Crippen molar-refractivity contribution in [2.45, 2.75) is 33.2 Å². The Balaban J connectivity index is 1.49. The molecule has 0 aliphatic carbocycles. The van der Waals surface area contributed by atoms with E-state index in [0.717, 1.165) is 79.0 Å². The Kier molecular flexibility index (Phi) is 5.26. The molecule has 0 bridgehead atoms. The van der Waals surface area contributed by atoms with Gasteiger partial charge in [-0.3, -0.25) is 14.6 Å². The number of aromatic nitrogens is 4. The van der Waals surface area contributed by atoms with Gasteiger partial charge in [-0.1, -0.05) is 23.5 Å². The van der Waals surface area contributed by atoms with Crippen molar-refractivity contribution < 1.29 is 9.53 Å². The Morgan fingerprint density at radius 1 is 1.17 bits per heavy atom. The van der Waals surface area contributed by atoms with Crippen molar-refractivity contribution in [3.63, 3.8) is 0 Å². The maximum absolute atomic E-state index is 13.6. The first kappa shape index (κ1) is 19.6. The minimum Gasteiger partial charge on any atom is -0.379 e. The summed E-state index contributed by atoms with van der Waals surface area (Å²) in [5.41, 5.74) is 3.29. The van der Waals surface area contributed by atoms with E-state index in [-0.39, 0.29) is 5.91 Å². The summed E-state index contributed by atoms with van der Waals surface area (Å²) in [7, 11) is 0. The van der Waals surface area contributed by atoms with Crippen molar-refractivity contribution in [3.05, 3.63) is 34.9 Å². The molecule has 158 valence electrons. The van der Waals surface area contributed by atoms with Gasteiger partial charge >= 0.3 is 0 Å². The Morgan fingerprint density at radius 3 is 2.77 bits per heavy atom. The lowest BCUT2D eigenvalue weighted by Crippen LogP contribution is -2.43. The fourth-order valence-electron chi connectivity index (χ4n) is 4.14. The molecule has 0 radical (unpaired) electrons. The number of thiazole rings is 1. The molecule has 5 rings (SSSR count). The number of anilines is 1. The number of aryl methyl sites for hydroxylation is 3. The van der Waals surface area contributed by atoms with Crippen LogP contribution in [0.1, 0.15) is 34.0 Å². The molecule has 2 aliphatic heterocycles. The first-order valence-corrected chi connectivity index (χ1v) is 11.3. The molecular formula is C21H26N6O2S. The molecule has 2 aliphatic rings.